The Kier molecular flexibility index (Phi) is 7.41. The molecule has 0 aliphatic heterocycles. The molecule has 0 unspecified atom stereocenters. The van der Waals surface area contributed by atoms with Crippen molar-refractivity contribution in [3.8, 4) is 17.2 Å². The molecule has 0 saturated heterocycles. The molecule has 0 bridgehead atoms. The number of fused-ring (bicyclic) bond motifs is 1. The van der Waals surface area contributed by atoms with Gasteiger partial charge in [0, 0.05) is 5.92 Å². The Morgan fingerprint density at radius 3 is 2.03 bits per heavy atom. The second-order valence-electron chi connectivity index (χ2n) is 7.14. The fourth-order valence-corrected chi connectivity index (χ4v) is 4.00. The number of methoxy groups -OCH3 is 3. The molecule has 7 nitrogen and oxygen atoms in total. The van der Waals surface area contributed by atoms with Gasteiger partial charge in [-0.05, 0) is 60.9 Å². The summed E-state index contributed by atoms with van der Waals surface area (Å²) in [5.74, 6) is -0.690. The lowest BCUT2D eigenvalue weighted by Crippen LogP contribution is -2.33. The molecule has 0 amide bonds. The Bertz CT molecular complexity index is 1010. The van der Waals surface area contributed by atoms with Gasteiger partial charge in [-0.2, -0.15) is 0 Å². The lowest BCUT2D eigenvalue weighted by Gasteiger charge is -2.33. The van der Waals surface area contributed by atoms with Gasteiger partial charge in [0.2, 0.25) is 0 Å². The summed E-state index contributed by atoms with van der Waals surface area (Å²) in [6, 6.07) is 11.0. The first-order valence-electron chi connectivity index (χ1n) is 10.4. The summed E-state index contributed by atoms with van der Waals surface area (Å²) in [6.07, 6.45) is 1.68. The van der Waals surface area contributed by atoms with Crippen LogP contribution in [0.25, 0.3) is 6.08 Å². The van der Waals surface area contributed by atoms with E-state index in [2.05, 4.69) is 0 Å². The van der Waals surface area contributed by atoms with E-state index in [0.717, 1.165) is 16.7 Å². The quantitative estimate of drug-likeness (QED) is 0.574. The number of ether oxygens (including phenoxy) is 5. The van der Waals surface area contributed by atoms with Crippen molar-refractivity contribution in [2.24, 2.45) is 5.92 Å². The molecular weight excluding hydrogens is 412 g/mol. The average Bonchev–Trinajstić information content (AvgIpc) is 2.82. The maximum Gasteiger partial charge on any atom is 0.334 e. The van der Waals surface area contributed by atoms with Crippen LogP contribution in [0.2, 0.25) is 0 Å². The van der Waals surface area contributed by atoms with Crippen LogP contribution in [0, 0.1) is 5.92 Å². The van der Waals surface area contributed by atoms with E-state index in [1.54, 1.807) is 47.3 Å². The van der Waals surface area contributed by atoms with Gasteiger partial charge in [0.25, 0.3) is 0 Å². The zero-order chi connectivity index (χ0) is 23.3. The smallest absolute Gasteiger partial charge is 0.334 e. The van der Waals surface area contributed by atoms with Crippen LogP contribution < -0.4 is 14.2 Å². The molecule has 1 aliphatic rings. The van der Waals surface area contributed by atoms with E-state index >= 15 is 0 Å². The van der Waals surface area contributed by atoms with Crippen LogP contribution in [0.3, 0.4) is 0 Å². The topological polar surface area (TPSA) is 80.3 Å². The SMILES string of the molecule is CCOC(=O)C1=Cc2cc(OC)c(OC)cc2[C@@H](c2ccc(OC)cc2)[C@@H]1C(=O)OCC. The summed E-state index contributed by atoms with van der Waals surface area (Å²) >= 11 is 0. The molecule has 0 fully saturated rings. The molecular formula is C25H28O7. The lowest BCUT2D eigenvalue weighted by atomic mass is 9.71. The van der Waals surface area contributed by atoms with E-state index in [0.29, 0.717) is 17.2 Å². The summed E-state index contributed by atoms with van der Waals surface area (Å²) in [4.78, 5) is 26.1. The molecule has 2 atom stereocenters. The first kappa shape index (κ1) is 23.2. The highest BCUT2D eigenvalue weighted by Crippen LogP contribution is 2.47. The number of esters is 2. The predicted molar refractivity (Wildman–Crippen MR) is 119 cm³/mol. The first-order chi connectivity index (χ1) is 15.5. The van der Waals surface area contributed by atoms with Crippen LogP contribution in [-0.4, -0.2) is 46.5 Å². The molecule has 2 aromatic carbocycles. The van der Waals surface area contributed by atoms with E-state index in [9.17, 15) is 9.59 Å². The highest BCUT2D eigenvalue weighted by Gasteiger charge is 2.42. The van der Waals surface area contributed by atoms with E-state index in [1.165, 1.54) is 0 Å². The Morgan fingerprint density at radius 2 is 1.47 bits per heavy atom. The highest BCUT2D eigenvalue weighted by molar-refractivity contribution is 6.02. The van der Waals surface area contributed by atoms with Gasteiger partial charge in [-0.25, -0.2) is 4.79 Å². The molecule has 2 aromatic rings. The minimum atomic E-state index is -0.881. The summed E-state index contributed by atoms with van der Waals surface area (Å²) in [6.45, 7) is 3.85. The van der Waals surface area contributed by atoms with Crippen molar-refractivity contribution in [3.05, 3.63) is 58.7 Å². The first-order valence-corrected chi connectivity index (χ1v) is 10.4. The van der Waals surface area contributed by atoms with Crippen molar-refractivity contribution >= 4 is 18.0 Å². The third-order valence-corrected chi connectivity index (χ3v) is 5.43. The van der Waals surface area contributed by atoms with Gasteiger partial charge in [-0.3, -0.25) is 4.79 Å². The largest absolute Gasteiger partial charge is 0.497 e. The monoisotopic (exact) mass is 440 g/mol. The third-order valence-electron chi connectivity index (χ3n) is 5.43. The van der Waals surface area contributed by atoms with Gasteiger partial charge in [-0.15, -0.1) is 0 Å². The Balaban J connectivity index is 2.28. The lowest BCUT2D eigenvalue weighted by molar-refractivity contribution is -0.150. The fourth-order valence-electron chi connectivity index (χ4n) is 4.00. The van der Waals surface area contributed by atoms with Gasteiger partial charge in [0.1, 0.15) is 5.75 Å². The van der Waals surface area contributed by atoms with E-state index in [4.69, 9.17) is 23.7 Å². The number of carbonyl (C=O) groups is 2. The van der Waals surface area contributed by atoms with Gasteiger partial charge < -0.3 is 23.7 Å². The van der Waals surface area contributed by atoms with Crippen LogP contribution in [0.15, 0.2) is 42.0 Å². The molecule has 7 heteroatoms. The van der Waals surface area contributed by atoms with Gasteiger partial charge in [0.15, 0.2) is 11.5 Å². The number of carbonyl (C=O) groups excluding carboxylic acids is 2. The molecule has 0 spiro atoms. The van der Waals surface area contributed by atoms with Crippen LogP contribution in [0.5, 0.6) is 17.2 Å². The highest BCUT2D eigenvalue weighted by atomic mass is 16.5. The molecule has 0 radical (unpaired) electrons. The van der Waals surface area contributed by atoms with Crippen LogP contribution >= 0.6 is 0 Å². The molecule has 0 saturated carbocycles. The van der Waals surface area contributed by atoms with Gasteiger partial charge in [0.05, 0.1) is 46.0 Å². The van der Waals surface area contributed by atoms with Crippen molar-refractivity contribution in [2.45, 2.75) is 19.8 Å². The Morgan fingerprint density at radius 1 is 0.844 bits per heavy atom. The number of rotatable bonds is 8. The maximum absolute atomic E-state index is 13.2. The van der Waals surface area contributed by atoms with E-state index in [-0.39, 0.29) is 18.8 Å². The van der Waals surface area contributed by atoms with Crippen LogP contribution in [0.1, 0.15) is 36.5 Å². The number of hydrogen-bond acceptors (Lipinski definition) is 7. The predicted octanol–water partition coefficient (Wildman–Crippen LogP) is 3.98. The Labute approximate surface area is 187 Å². The molecule has 170 valence electrons. The molecule has 0 aromatic heterocycles. The molecule has 1 aliphatic carbocycles. The van der Waals surface area contributed by atoms with Gasteiger partial charge >= 0.3 is 11.9 Å². The van der Waals surface area contributed by atoms with E-state index in [1.807, 2.05) is 30.3 Å². The Hall–Kier alpha value is -3.48. The molecule has 32 heavy (non-hydrogen) atoms. The summed E-state index contributed by atoms with van der Waals surface area (Å²) < 4.78 is 26.9. The molecule has 0 N–H and O–H groups in total. The van der Waals surface area contributed by atoms with Crippen molar-refractivity contribution in [1.82, 2.24) is 0 Å². The van der Waals surface area contributed by atoms with Crippen molar-refractivity contribution < 1.29 is 33.3 Å². The van der Waals surface area contributed by atoms with Gasteiger partial charge in [-0.1, -0.05) is 12.1 Å². The van der Waals surface area contributed by atoms with E-state index < -0.39 is 23.8 Å². The average molecular weight is 440 g/mol. The third kappa shape index (κ3) is 4.42. The molecule has 0 heterocycles. The second-order valence-corrected chi connectivity index (χ2v) is 7.14. The standard InChI is InChI=1S/C25H28O7/c1-6-31-24(26)19-12-16-13-20(29-4)21(30-5)14-18(16)22(23(19)25(27)32-7-2)15-8-10-17(28-3)11-9-15/h8-14,22-23H,6-7H2,1-5H3/t22-,23-/m1/s1. The second kappa shape index (κ2) is 10.2. The minimum absolute atomic E-state index is 0.192. The van der Waals surface area contributed by atoms with Crippen LogP contribution in [0.4, 0.5) is 0 Å². The van der Waals surface area contributed by atoms with Crippen molar-refractivity contribution in [2.75, 3.05) is 34.5 Å². The zero-order valence-electron chi connectivity index (χ0n) is 19.0. The zero-order valence-corrected chi connectivity index (χ0v) is 19.0. The summed E-state index contributed by atoms with van der Waals surface area (Å²) in [7, 11) is 4.69. The normalized spacial score (nSPS) is 17.0. The molecule has 3 rings (SSSR count). The minimum Gasteiger partial charge on any atom is -0.497 e. The number of hydrogen-bond donors (Lipinski definition) is 0. The fraction of sp³-hybridized carbons (Fsp3) is 0.360. The number of benzene rings is 2. The maximum atomic E-state index is 13.2. The van der Waals surface area contributed by atoms with Crippen molar-refractivity contribution in [3.63, 3.8) is 0 Å². The van der Waals surface area contributed by atoms with Crippen LogP contribution in [-0.2, 0) is 19.1 Å². The summed E-state index contributed by atoms with van der Waals surface area (Å²) in [5, 5.41) is 0. The van der Waals surface area contributed by atoms with Crippen molar-refractivity contribution in [1.29, 1.82) is 0 Å². The summed E-state index contributed by atoms with van der Waals surface area (Å²) in [5.41, 5.74) is 2.63.